The second-order valence-corrected chi connectivity index (χ2v) is 2.85. The summed E-state index contributed by atoms with van der Waals surface area (Å²) in [7, 11) is 0. The smallest absolute Gasteiger partial charge is 0.0473 e. The van der Waals surface area contributed by atoms with Gasteiger partial charge < -0.3 is 0 Å². The summed E-state index contributed by atoms with van der Waals surface area (Å²) >= 11 is 0. The van der Waals surface area contributed by atoms with E-state index in [0.717, 1.165) is 5.92 Å². The van der Waals surface area contributed by atoms with Crippen LogP contribution in [0.1, 0.15) is 61.8 Å². The minimum Gasteiger partial charge on any atom is -0.103 e. The molecule has 0 saturated carbocycles. The lowest BCUT2D eigenvalue weighted by atomic mass is 10.3. The van der Waals surface area contributed by atoms with E-state index in [4.69, 9.17) is 0 Å². The van der Waals surface area contributed by atoms with Gasteiger partial charge in [0.2, 0.25) is 0 Å². The second-order valence-electron chi connectivity index (χ2n) is 2.85. The second kappa shape index (κ2) is 45.3. The Kier molecular flexibility index (Phi) is 85.4. The van der Waals surface area contributed by atoms with Crippen molar-refractivity contribution in [2.45, 2.75) is 61.8 Å². The molecule has 0 radical (unpaired) electrons. The van der Waals surface area contributed by atoms with Gasteiger partial charge >= 0.3 is 0 Å². The first-order chi connectivity index (χ1) is 5.56. The Labute approximate surface area is 81.1 Å². The van der Waals surface area contributed by atoms with E-state index in [-0.39, 0.29) is 0 Å². The van der Waals surface area contributed by atoms with Crippen LogP contribution in [-0.4, -0.2) is 0 Å². The molecular weight excluding hydrogens is 144 g/mol. The van der Waals surface area contributed by atoms with Gasteiger partial charge in [-0.25, -0.2) is 0 Å². The fourth-order valence-electron chi connectivity index (χ4n) is 0. The zero-order chi connectivity index (χ0) is 11.0. The van der Waals surface area contributed by atoms with Crippen molar-refractivity contribution in [3.8, 4) is 0 Å². The highest BCUT2D eigenvalue weighted by molar-refractivity contribution is 4.51. The average Bonchev–Trinajstić information content (AvgIpc) is 1.92. The molecule has 0 amide bonds. The Morgan fingerprint density at radius 1 is 1.08 bits per heavy atom. The minimum absolute atomic E-state index is 0.833. The summed E-state index contributed by atoms with van der Waals surface area (Å²) in [5.41, 5.74) is 0. The molecule has 0 aromatic heterocycles. The molecule has 0 fully saturated rings. The van der Waals surface area contributed by atoms with Crippen LogP contribution in [-0.2, 0) is 0 Å². The topological polar surface area (TPSA) is 0 Å². The molecule has 78 valence electrons. The highest BCUT2D eigenvalue weighted by Crippen LogP contribution is 1.81. The largest absolute Gasteiger partial charge is 0.103 e. The molecule has 0 spiro atoms. The Balaban J connectivity index is -0.0000000368. The molecule has 0 N–H and O–H groups in total. The normalized spacial score (nSPS) is 6.08. The number of hydrogen-bond acceptors (Lipinski definition) is 0. The standard InChI is InChI=1S/C4H10.C3H8.C3H6.C2H6/c1-4(2)3;2*1-3-2;1-2/h4H,1-3H3;3H2,1-2H3;3H,1H2,2H3;1-2H3. The van der Waals surface area contributed by atoms with Crippen molar-refractivity contribution in [3.63, 3.8) is 0 Å². The van der Waals surface area contributed by atoms with Gasteiger partial charge in [-0.15, -0.1) is 6.58 Å². The van der Waals surface area contributed by atoms with Crippen LogP contribution in [0.2, 0.25) is 0 Å². The summed E-state index contributed by atoms with van der Waals surface area (Å²) in [4.78, 5) is 0. The van der Waals surface area contributed by atoms with Crippen molar-refractivity contribution >= 4 is 0 Å². The Morgan fingerprint density at radius 2 is 1.08 bits per heavy atom. The lowest BCUT2D eigenvalue weighted by molar-refractivity contribution is 0.737. The van der Waals surface area contributed by atoms with Gasteiger partial charge in [-0.1, -0.05) is 61.0 Å². The fourth-order valence-corrected chi connectivity index (χ4v) is 0. The van der Waals surface area contributed by atoms with Crippen molar-refractivity contribution in [2.24, 2.45) is 5.92 Å². The van der Waals surface area contributed by atoms with E-state index >= 15 is 0 Å². The highest BCUT2D eigenvalue weighted by Gasteiger charge is 1.68. The molecule has 0 aromatic carbocycles. The first kappa shape index (κ1) is 22.6. The van der Waals surface area contributed by atoms with Crippen LogP contribution in [0.3, 0.4) is 0 Å². The van der Waals surface area contributed by atoms with Gasteiger partial charge in [0.15, 0.2) is 0 Å². The van der Waals surface area contributed by atoms with Gasteiger partial charge in [0.05, 0.1) is 0 Å². The first-order valence-corrected chi connectivity index (χ1v) is 5.13. The van der Waals surface area contributed by atoms with Gasteiger partial charge in [0.1, 0.15) is 0 Å². The van der Waals surface area contributed by atoms with E-state index in [2.05, 4.69) is 41.2 Å². The van der Waals surface area contributed by atoms with Gasteiger partial charge in [-0.05, 0) is 12.8 Å². The zero-order valence-corrected chi connectivity index (χ0v) is 10.6. The fraction of sp³-hybridized carbons (Fsp3) is 0.833. The maximum absolute atomic E-state index is 3.36. The van der Waals surface area contributed by atoms with Crippen LogP contribution in [0.5, 0.6) is 0 Å². The van der Waals surface area contributed by atoms with Crippen LogP contribution in [0.25, 0.3) is 0 Å². The van der Waals surface area contributed by atoms with E-state index in [1.54, 1.807) is 6.08 Å². The molecule has 0 aliphatic carbocycles. The van der Waals surface area contributed by atoms with Crippen LogP contribution in [0, 0.1) is 5.92 Å². The molecule has 0 heterocycles. The summed E-state index contributed by atoms with van der Waals surface area (Å²) in [6, 6.07) is 0. The molecule has 0 aliphatic rings. The predicted octanol–water partition coefficient (Wildman–Crippen LogP) is 5.30. The molecule has 12 heavy (non-hydrogen) atoms. The number of rotatable bonds is 0. The number of allylic oxidation sites excluding steroid dienone is 1. The monoisotopic (exact) mass is 174 g/mol. The van der Waals surface area contributed by atoms with E-state index < -0.39 is 0 Å². The molecule has 0 aliphatic heterocycles. The molecule has 0 rings (SSSR count). The van der Waals surface area contributed by atoms with Gasteiger partial charge in [-0.3, -0.25) is 0 Å². The van der Waals surface area contributed by atoms with E-state index in [1.165, 1.54) is 6.42 Å². The summed E-state index contributed by atoms with van der Waals surface area (Å²) in [6.45, 7) is 20.0. The van der Waals surface area contributed by atoms with Crippen molar-refractivity contribution < 1.29 is 0 Å². The van der Waals surface area contributed by atoms with E-state index in [1.807, 2.05) is 20.8 Å². The summed E-state index contributed by atoms with van der Waals surface area (Å²) in [6.07, 6.45) is 3.00. The molecule has 0 nitrogen and oxygen atoms in total. The molecule has 0 atom stereocenters. The van der Waals surface area contributed by atoms with Crippen LogP contribution < -0.4 is 0 Å². The van der Waals surface area contributed by atoms with Crippen molar-refractivity contribution in [1.82, 2.24) is 0 Å². The quantitative estimate of drug-likeness (QED) is 0.437. The maximum atomic E-state index is 3.36. The van der Waals surface area contributed by atoms with Gasteiger partial charge in [0.25, 0.3) is 0 Å². The van der Waals surface area contributed by atoms with Crippen LogP contribution in [0.15, 0.2) is 12.7 Å². The van der Waals surface area contributed by atoms with Crippen molar-refractivity contribution in [3.05, 3.63) is 12.7 Å². The van der Waals surface area contributed by atoms with E-state index in [0.29, 0.717) is 0 Å². The van der Waals surface area contributed by atoms with Gasteiger partial charge in [-0.2, -0.15) is 0 Å². The maximum Gasteiger partial charge on any atom is -0.0473 e. The van der Waals surface area contributed by atoms with E-state index in [9.17, 15) is 0 Å². The Hall–Kier alpha value is -0.260. The minimum atomic E-state index is 0.833. The Bertz CT molecular complexity index is 32.5. The number of hydrogen-bond donors (Lipinski definition) is 0. The van der Waals surface area contributed by atoms with Gasteiger partial charge in [0, 0.05) is 0 Å². The third-order valence-electron chi connectivity index (χ3n) is 0. The van der Waals surface area contributed by atoms with Crippen molar-refractivity contribution in [1.29, 1.82) is 0 Å². The van der Waals surface area contributed by atoms with Crippen molar-refractivity contribution in [2.75, 3.05) is 0 Å². The molecular formula is C12H30. The first-order valence-electron chi connectivity index (χ1n) is 5.13. The summed E-state index contributed by atoms with van der Waals surface area (Å²) < 4.78 is 0. The molecule has 0 heteroatoms. The molecule has 0 aromatic rings. The average molecular weight is 174 g/mol. The molecule has 0 saturated heterocycles. The molecule has 0 unspecified atom stereocenters. The Morgan fingerprint density at radius 3 is 1.08 bits per heavy atom. The third kappa shape index (κ3) is 11000. The summed E-state index contributed by atoms with van der Waals surface area (Å²) in [5, 5.41) is 0. The molecule has 0 bridgehead atoms. The SMILES string of the molecule is C=CC.CC.CC(C)C.CCC. The lowest BCUT2D eigenvalue weighted by Crippen LogP contribution is -1.66. The predicted molar refractivity (Wildman–Crippen MR) is 63.7 cm³/mol. The summed E-state index contributed by atoms with van der Waals surface area (Å²) in [5.74, 6) is 0.833. The lowest BCUT2D eigenvalue weighted by Gasteiger charge is -1.79. The third-order valence-corrected chi connectivity index (χ3v) is 0. The van der Waals surface area contributed by atoms with Crippen LogP contribution in [0.4, 0.5) is 0 Å². The van der Waals surface area contributed by atoms with Crippen LogP contribution >= 0.6 is 0 Å². The zero-order valence-electron chi connectivity index (χ0n) is 10.6. The highest BCUT2D eigenvalue weighted by atomic mass is 13.7.